The van der Waals surface area contributed by atoms with E-state index in [0.29, 0.717) is 12.1 Å². The zero-order chi connectivity index (χ0) is 15.9. The summed E-state index contributed by atoms with van der Waals surface area (Å²) in [5, 5.41) is 4.06. The standard InChI is InChI=1S/C15H21N3O4/c1-9-4-5-12-11(8-13(22-12)15(20)21-3)18(9)14(19)10-6-7-16-17(10)2/h6-7,9,11-13H,4-5,8H2,1-3H3/t9-,11+,12-,13-/m0/s1. The van der Waals surface area contributed by atoms with Crippen LogP contribution in [0.1, 0.15) is 36.7 Å². The number of amides is 1. The van der Waals surface area contributed by atoms with E-state index in [1.165, 1.54) is 7.11 Å². The lowest BCUT2D eigenvalue weighted by Crippen LogP contribution is -2.53. The molecule has 0 unspecified atom stereocenters. The molecule has 2 fully saturated rings. The maximum absolute atomic E-state index is 12.9. The Morgan fingerprint density at radius 3 is 2.82 bits per heavy atom. The number of nitrogens with zero attached hydrogens (tertiary/aromatic N) is 3. The van der Waals surface area contributed by atoms with E-state index in [1.807, 2.05) is 11.8 Å². The highest BCUT2D eigenvalue weighted by atomic mass is 16.6. The number of hydrogen-bond acceptors (Lipinski definition) is 5. The average Bonchev–Trinajstić information content (AvgIpc) is 3.11. The Bertz CT molecular complexity index is 585. The number of fused-ring (bicyclic) bond motifs is 1. The Balaban J connectivity index is 1.84. The molecule has 1 aromatic heterocycles. The molecular weight excluding hydrogens is 286 g/mol. The Labute approximate surface area is 129 Å². The molecule has 2 aliphatic heterocycles. The molecule has 0 aromatic carbocycles. The van der Waals surface area contributed by atoms with Gasteiger partial charge in [-0.25, -0.2) is 4.79 Å². The Kier molecular flexibility index (Phi) is 3.90. The van der Waals surface area contributed by atoms with E-state index in [2.05, 4.69) is 5.10 Å². The number of piperidine rings is 1. The summed E-state index contributed by atoms with van der Waals surface area (Å²) >= 11 is 0. The lowest BCUT2D eigenvalue weighted by molar-refractivity contribution is -0.153. The summed E-state index contributed by atoms with van der Waals surface area (Å²) in [4.78, 5) is 26.5. The van der Waals surface area contributed by atoms with Gasteiger partial charge in [0.2, 0.25) is 0 Å². The largest absolute Gasteiger partial charge is 0.467 e. The summed E-state index contributed by atoms with van der Waals surface area (Å²) < 4.78 is 12.2. The maximum Gasteiger partial charge on any atom is 0.335 e. The number of aromatic nitrogens is 2. The van der Waals surface area contributed by atoms with Crippen molar-refractivity contribution in [3.8, 4) is 0 Å². The summed E-state index contributed by atoms with van der Waals surface area (Å²) in [7, 11) is 3.11. The van der Waals surface area contributed by atoms with E-state index in [9.17, 15) is 9.59 Å². The first-order chi connectivity index (χ1) is 10.5. The Morgan fingerprint density at radius 2 is 2.18 bits per heavy atom. The minimum absolute atomic E-state index is 0.0590. The molecule has 0 radical (unpaired) electrons. The molecule has 1 amide bonds. The fourth-order valence-electron chi connectivity index (χ4n) is 3.50. The third-order valence-corrected chi connectivity index (χ3v) is 4.66. The molecule has 2 aliphatic rings. The lowest BCUT2D eigenvalue weighted by Gasteiger charge is -2.41. The van der Waals surface area contributed by atoms with Crippen molar-refractivity contribution >= 4 is 11.9 Å². The minimum Gasteiger partial charge on any atom is -0.467 e. The van der Waals surface area contributed by atoms with Crippen LogP contribution in [0.5, 0.6) is 0 Å². The smallest absolute Gasteiger partial charge is 0.335 e. The fraction of sp³-hybridized carbons (Fsp3) is 0.667. The van der Waals surface area contributed by atoms with Gasteiger partial charge in [-0.1, -0.05) is 0 Å². The second-order valence-corrected chi connectivity index (χ2v) is 5.97. The van der Waals surface area contributed by atoms with Crippen molar-refractivity contribution in [1.29, 1.82) is 0 Å². The number of methoxy groups -OCH3 is 1. The van der Waals surface area contributed by atoms with Crippen LogP contribution in [0.15, 0.2) is 12.3 Å². The van der Waals surface area contributed by atoms with Gasteiger partial charge in [0.15, 0.2) is 6.10 Å². The third kappa shape index (κ3) is 2.39. The van der Waals surface area contributed by atoms with Gasteiger partial charge in [0.05, 0.1) is 19.3 Å². The van der Waals surface area contributed by atoms with E-state index < -0.39 is 6.10 Å². The summed E-state index contributed by atoms with van der Waals surface area (Å²) in [5.74, 6) is -0.425. The zero-order valence-electron chi connectivity index (χ0n) is 13.1. The topological polar surface area (TPSA) is 73.7 Å². The Hall–Kier alpha value is -1.89. The molecule has 22 heavy (non-hydrogen) atoms. The second-order valence-electron chi connectivity index (χ2n) is 5.97. The summed E-state index contributed by atoms with van der Waals surface area (Å²) in [6, 6.07) is 1.74. The SMILES string of the molecule is COC(=O)[C@@H]1C[C@@H]2[C@H](CC[C@H](C)N2C(=O)c2ccnn2C)O1. The van der Waals surface area contributed by atoms with Crippen LogP contribution in [0.2, 0.25) is 0 Å². The van der Waals surface area contributed by atoms with E-state index in [4.69, 9.17) is 9.47 Å². The van der Waals surface area contributed by atoms with Gasteiger partial charge in [-0.15, -0.1) is 0 Å². The highest BCUT2D eigenvalue weighted by molar-refractivity contribution is 5.93. The van der Waals surface area contributed by atoms with E-state index in [1.54, 1.807) is 24.0 Å². The molecule has 4 atom stereocenters. The first-order valence-electron chi connectivity index (χ1n) is 7.57. The maximum atomic E-state index is 12.9. The molecule has 1 aromatic rings. The molecule has 0 aliphatic carbocycles. The molecule has 120 valence electrons. The molecule has 0 bridgehead atoms. The molecule has 0 N–H and O–H groups in total. The summed E-state index contributed by atoms with van der Waals surface area (Å²) in [6.07, 6.45) is 3.14. The first-order valence-corrected chi connectivity index (χ1v) is 7.57. The predicted molar refractivity (Wildman–Crippen MR) is 77.2 cm³/mol. The van der Waals surface area contributed by atoms with E-state index in [-0.39, 0.29) is 30.1 Å². The number of rotatable bonds is 2. The van der Waals surface area contributed by atoms with Gasteiger partial charge in [-0.2, -0.15) is 5.10 Å². The van der Waals surface area contributed by atoms with Crippen LogP contribution in [-0.4, -0.2) is 58.0 Å². The summed E-state index contributed by atoms with van der Waals surface area (Å²) in [5.41, 5.74) is 0.550. The van der Waals surface area contributed by atoms with Gasteiger partial charge in [-0.05, 0) is 25.8 Å². The van der Waals surface area contributed by atoms with Crippen LogP contribution >= 0.6 is 0 Å². The van der Waals surface area contributed by atoms with Gasteiger partial charge in [0.25, 0.3) is 5.91 Å². The van der Waals surface area contributed by atoms with Crippen LogP contribution in [0.25, 0.3) is 0 Å². The van der Waals surface area contributed by atoms with Gasteiger partial charge in [0.1, 0.15) is 5.69 Å². The Morgan fingerprint density at radius 1 is 1.41 bits per heavy atom. The normalized spacial score (nSPS) is 31.0. The van der Waals surface area contributed by atoms with E-state index in [0.717, 1.165) is 12.8 Å². The third-order valence-electron chi connectivity index (χ3n) is 4.66. The molecule has 3 heterocycles. The average molecular weight is 307 g/mol. The van der Waals surface area contributed by atoms with E-state index >= 15 is 0 Å². The molecule has 2 saturated heterocycles. The molecule has 0 saturated carbocycles. The molecule has 7 heteroatoms. The molecule has 7 nitrogen and oxygen atoms in total. The van der Waals surface area contributed by atoms with Gasteiger partial charge in [0, 0.05) is 25.7 Å². The second kappa shape index (κ2) is 5.72. The first kappa shape index (κ1) is 15.0. The number of hydrogen-bond donors (Lipinski definition) is 0. The van der Waals surface area contributed by atoms with Crippen LogP contribution in [0.3, 0.4) is 0 Å². The molecule has 3 rings (SSSR count). The van der Waals surface area contributed by atoms with Crippen molar-refractivity contribution in [1.82, 2.24) is 14.7 Å². The highest BCUT2D eigenvalue weighted by Crippen LogP contribution is 2.36. The zero-order valence-corrected chi connectivity index (χ0v) is 13.1. The number of aryl methyl sites for hydroxylation is 1. The number of carbonyl (C=O) groups is 2. The van der Waals surface area contributed by atoms with Crippen molar-refractivity contribution in [2.75, 3.05) is 7.11 Å². The van der Waals surface area contributed by atoms with Crippen LogP contribution < -0.4 is 0 Å². The molecule has 0 spiro atoms. The van der Waals surface area contributed by atoms with Gasteiger partial charge >= 0.3 is 5.97 Å². The van der Waals surface area contributed by atoms with Crippen molar-refractivity contribution in [2.24, 2.45) is 7.05 Å². The minimum atomic E-state index is -0.577. The monoisotopic (exact) mass is 307 g/mol. The predicted octanol–water partition coefficient (Wildman–Crippen LogP) is 0.744. The fourth-order valence-corrected chi connectivity index (χ4v) is 3.50. The van der Waals surface area contributed by atoms with Gasteiger partial charge < -0.3 is 14.4 Å². The van der Waals surface area contributed by atoms with Crippen molar-refractivity contribution < 1.29 is 19.1 Å². The summed E-state index contributed by atoms with van der Waals surface area (Å²) in [6.45, 7) is 2.04. The number of likely N-dealkylation sites (tertiary alicyclic amines) is 1. The number of ether oxygens (including phenoxy) is 2. The van der Waals surface area contributed by atoms with Crippen LogP contribution in [-0.2, 0) is 21.3 Å². The lowest BCUT2D eigenvalue weighted by atomic mass is 9.92. The highest BCUT2D eigenvalue weighted by Gasteiger charge is 2.48. The quantitative estimate of drug-likeness (QED) is 0.754. The number of carbonyl (C=O) groups excluding carboxylic acids is 2. The van der Waals surface area contributed by atoms with Crippen LogP contribution in [0.4, 0.5) is 0 Å². The molecular formula is C15H21N3O4. The van der Waals surface area contributed by atoms with Crippen molar-refractivity contribution in [3.05, 3.63) is 18.0 Å². The van der Waals surface area contributed by atoms with Crippen molar-refractivity contribution in [3.63, 3.8) is 0 Å². The van der Waals surface area contributed by atoms with Gasteiger partial charge in [-0.3, -0.25) is 9.48 Å². The van der Waals surface area contributed by atoms with Crippen LogP contribution in [0, 0.1) is 0 Å². The van der Waals surface area contributed by atoms with Crippen molar-refractivity contribution in [2.45, 2.75) is 50.5 Å². The number of esters is 1.